The summed E-state index contributed by atoms with van der Waals surface area (Å²) >= 11 is 12.4. The molecule has 0 saturated heterocycles. The molecule has 4 aromatic rings. The summed E-state index contributed by atoms with van der Waals surface area (Å²) in [6.07, 6.45) is 0.223. The zero-order valence-corrected chi connectivity index (χ0v) is 26.5. The second-order valence-corrected chi connectivity index (χ2v) is 13.0. The Morgan fingerprint density at radius 1 is 0.814 bits per heavy atom. The number of benzene rings is 4. The van der Waals surface area contributed by atoms with E-state index in [4.69, 9.17) is 23.2 Å². The molecular weight excluding hydrogens is 605 g/mol. The molecule has 4 rings (SSSR count). The summed E-state index contributed by atoms with van der Waals surface area (Å²) in [5, 5.41) is 3.53. The summed E-state index contributed by atoms with van der Waals surface area (Å²) in [7, 11) is -2.71. The molecule has 0 spiro atoms. The number of likely N-dealkylation sites (N-methyl/N-ethyl adjacent to an activating group) is 1. The molecule has 0 aliphatic carbocycles. The third kappa shape index (κ3) is 7.96. The Morgan fingerprint density at radius 2 is 1.44 bits per heavy atom. The number of nitrogens with zero attached hydrogens (tertiary/aromatic N) is 2. The number of carbonyl (C=O) groups excluding carboxylic acids is 2. The number of rotatable bonds is 11. The number of aryl methyl sites for hydroxylation is 2. The van der Waals surface area contributed by atoms with Crippen molar-refractivity contribution >= 4 is 50.7 Å². The van der Waals surface area contributed by atoms with E-state index >= 15 is 0 Å². The van der Waals surface area contributed by atoms with Gasteiger partial charge in [-0.2, -0.15) is 0 Å². The average Bonchev–Trinajstić information content (AvgIpc) is 3.00. The molecule has 0 aromatic heterocycles. The van der Waals surface area contributed by atoms with E-state index in [1.165, 1.54) is 30.1 Å². The largest absolute Gasteiger partial charge is 0.357 e. The highest BCUT2D eigenvalue weighted by Gasteiger charge is 2.34. The smallest absolute Gasteiger partial charge is 0.264 e. The Kier molecular flexibility index (Phi) is 10.5. The molecule has 7 nitrogen and oxygen atoms in total. The van der Waals surface area contributed by atoms with Crippen LogP contribution in [-0.2, 0) is 32.6 Å². The number of carbonyl (C=O) groups is 2. The topological polar surface area (TPSA) is 86.8 Å². The molecule has 4 aromatic carbocycles. The van der Waals surface area contributed by atoms with Crippen LogP contribution in [-0.4, -0.2) is 44.8 Å². The van der Waals surface area contributed by atoms with Crippen molar-refractivity contribution in [3.05, 3.63) is 129 Å². The van der Waals surface area contributed by atoms with Crippen LogP contribution in [0.4, 0.5) is 5.69 Å². The van der Waals surface area contributed by atoms with Crippen LogP contribution < -0.4 is 9.62 Å². The van der Waals surface area contributed by atoms with Crippen LogP contribution in [0.15, 0.2) is 102 Å². The predicted octanol–water partition coefficient (Wildman–Crippen LogP) is 6.19. The lowest BCUT2D eigenvalue weighted by atomic mass is 10.0. The van der Waals surface area contributed by atoms with Gasteiger partial charge in [0, 0.05) is 30.1 Å². The second kappa shape index (κ2) is 14.1. The van der Waals surface area contributed by atoms with Gasteiger partial charge in [0.25, 0.3) is 10.0 Å². The first-order valence-electron chi connectivity index (χ1n) is 13.6. The zero-order chi connectivity index (χ0) is 31.1. The Morgan fingerprint density at radius 3 is 2.07 bits per heavy atom. The number of sulfonamides is 1. The summed E-state index contributed by atoms with van der Waals surface area (Å²) in [6.45, 7) is 3.10. The number of nitrogens with one attached hydrogen (secondary N) is 1. The first-order valence-corrected chi connectivity index (χ1v) is 15.8. The van der Waals surface area contributed by atoms with Gasteiger partial charge in [-0.25, -0.2) is 8.42 Å². The van der Waals surface area contributed by atoms with Crippen molar-refractivity contribution in [2.75, 3.05) is 17.9 Å². The molecule has 1 atom stereocenters. The number of hydrogen-bond donors (Lipinski definition) is 1. The lowest BCUT2D eigenvalue weighted by molar-refractivity contribution is -0.139. The van der Waals surface area contributed by atoms with Gasteiger partial charge in [-0.1, -0.05) is 89.4 Å². The summed E-state index contributed by atoms with van der Waals surface area (Å²) in [4.78, 5) is 29.1. The van der Waals surface area contributed by atoms with E-state index in [9.17, 15) is 18.0 Å². The van der Waals surface area contributed by atoms with E-state index in [0.717, 1.165) is 21.0 Å². The minimum absolute atomic E-state index is 0.0293. The van der Waals surface area contributed by atoms with Gasteiger partial charge in [0.1, 0.15) is 12.6 Å². The Labute approximate surface area is 263 Å². The summed E-state index contributed by atoms with van der Waals surface area (Å²) in [5.41, 5.74) is 3.35. The quantitative estimate of drug-likeness (QED) is 0.212. The van der Waals surface area contributed by atoms with Crippen molar-refractivity contribution in [1.82, 2.24) is 10.2 Å². The summed E-state index contributed by atoms with van der Waals surface area (Å²) in [6, 6.07) is 26.7. The first-order chi connectivity index (χ1) is 20.5. The van der Waals surface area contributed by atoms with Crippen LogP contribution in [0.1, 0.15) is 22.3 Å². The number of hydrogen-bond acceptors (Lipinski definition) is 4. The lowest BCUT2D eigenvalue weighted by Gasteiger charge is -2.34. The fourth-order valence-corrected chi connectivity index (χ4v) is 6.47. The molecule has 10 heteroatoms. The van der Waals surface area contributed by atoms with Crippen molar-refractivity contribution in [3.8, 4) is 0 Å². The highest BCUT2D eigenvalue weighted by atomic mass is 35.5. The van der Waals surface area contributed by atoms with Gasteiger partial charge in [-0.15, -0.1) is 0 Å². The lowest BCUT2D eigenvalue weighted by Crippen LogP contribution is -2.53. The molecule has 1 N–H and O–H groups in total. The second-order valence-electron chi connectivity index (χ2n) is 10.2. The van der Waals surface area contributed by atoms with Gasteiger partial charge in [-0.05, 0) is 66.9 Å². The first kappa shape index (κ1) is 32.1. The molecule has 0 fully saturated rings. The maximum atomic E-state index is 14.4. The highest BCUT2D eigenvalue weighted by Crippen LogP contribution is 2.30. The van der Waals surface area contributed by atoms with Gasteiger partial charge in [-0.3, -0.25) is 13.9 Å². The van der Waals surface area contributed by atoms with Gasteiger partial charge in [0.05, 0.1) is 10.6 Å². The summed E-state index contributed by atoms with van der Waals surface area (Å²) in [5.74, 6) is -0.937. The number of anilines is 1. The molecular formula is C33H33Cl2N3O4S. The van der Waals surface area contributed by atoms with E-state index in [2.05, 4.69) is 5.32 Å². The van der Waals surface area contributed by atoms with Crippen molar-refractivity contribution in [1.29, 1.82) is 0 Å². The normalized spacial score (nSPS) is 11.9. The predicted molar refractivity (Wildman–Crippen MR) is 172 cm³/mol. The van der Waals surface area contributed by atoms with Crippen molar-refractivity contribution < 1.29 is 18.0 Å². The van der Waals surface area contributed by atoms with Gasteiger partial charge in [0.2, 0.25) is 11.8 Å². The van der Waals surface area contributed by atoms with Gasteiger partial charge >= 0.3 is 0 Å². The third-order valence-corrected chi connectivity index (χ3v) is 9.37. The standard InChI is InChI=1S/C33H33Cl2N3O4S/c1-23-9-17-29(18-10-23)43(41,42)38(30-20-28(35)14-11-24(30)2)22-32(39)37(21-26-12-15-27(34)16-13-26)31(33(40)36-3)19-25-7-5-4-6-8-25/h4-18,20,31H,19,21-22H2,1-3H3,(H,36,40)/t31-/m0/s1. The maximum Gasteiger partial charge on any atom is 0.264 e. The molecule has 0 aliphatic heterocycles. The molecule has 43 heavy (non-hydrogen) atoms. The number of halogens is 2. The highest BCUT2D eigenvalue weighted by molar-refractivity contribution is 7.92. The molecule has 0 heterocycles. The van der Waals surface area contributed by atoms with Gasteiger partial charge < -0.3 is 10.2 Å². The van der Waals surface area contributed by atoms with E-state index in [-0.39, 0.29) is 29.5 Å². The van der Waals surface area contributed by atoms with Crippen LogP contribution >= 0.6 is 23.2 Å². The minimum atomic E-state index is -4.22. The van der Waals surface area contributed by atoms with Crippen LogP contribution in [0.2, 0.25) is 10.0 Å². The van der Waals surface area contributed by atoms with E-state index in [0.29, 0.717) is 15.6 Å². The molecule has 0 bridgehead atoms. The van der Waals surface area contributed by atoms with Crippen molar-refractivity contribution in [3.63, 3.8) is 0 Å². The Hall–Kier alpha value is -3.85. The van der Waals surface area contributed by atoms with Crippen LogP contribution in [0.25, 0.3) is 0 Å². The molecule has 224 valence electrons. The van der Waals surface area contributed by atoms with Crippen LogP contribution in [0.3, 0.4) is 0 Å². The fourth-order valence-electron chi connectivity index (χ4n) is 4.71. The molecule has 0 unspecified atom stereocenters. The van der Waals surface area contributed by atoms with E-state index in [1.54, 1.807) is 55.5 Å². The Balaban J connectivity index is 1.81. The maximum absolute atomic E-state index is 14.4. The fraction of sp³-hybridized carbons (Fsp3) is 0.212. The molecule has 0 saturated carbocycles. The van der Waals surface area contributed by atoms with Crippen molar-refractivity contribution in [2.24, 2.45) is 0 Å². The van der Waals surface area contributed by atoms with E-state index in [1.807, 2.05) is 37.3 Å². The minimum Gasteiger partial charge on any atom is -0.357 e. The zero-order valence-electron chi connectivity index (χ0n) is 24.1. The molecule has 0 radical (unpaired) electrons. The molecule has 0 aliphatic rings. The SMILES string of the molecule is CNC(=O)[C@H](Cc1ccccc1)N(Cc1ccc(Cl)cc1)C(=O)CN(c1cc(Cl)ccc1C)S(=O)(=O)c1ccc(C)cc1. The Bertz CT molecular complexity index is 1680. The average molecular weight is 639 g/mol. The van der Waals surface area contributed by atoms with Gasteiger partial charge in [0.15, 0.2) is 0 Å². The third-order valence-electron chi connectivity index (χ3n) is 7.11. The van der Waals surface area contributed by atoms with Crippen molar-refractivity contribution in [2.45, 2.75) is 37.8 Å². The summed E-state index contributed by atoms with van der Waals surface area (Å²) < 4.78 is 29.3. The number of amides is 2. The monoisotopic (exact) mass is 637 g/mol. The van der Waals surface area contributed by atoms with Crippen LogP contribution in [0, 0.1) is 13.8 Å². The molecule has 2 amide bonds. The van der Waals surface area contributed by atoms with E-state index < -0.39 is 28.5 Å². The van der Waals surface area contributed by atoms with Crippen LogP contribution in [0.5, 0.6) is 0 Å².